The highest BCUT2D eigenvalue weighted by molar-refractivity contribution is 5.52. The van der Waals surface area contributed by atoms with Gasteiger partial charge in [0.15, 0.2) is 0 Å². The van der Waals surface area contributed by atoms with Crippen molar-refractivity contribution in [3.8, 4) is 11.4 Å². The molecule has 1 radical (unpaired) electrons. The minimum atomic E-state index is -4.30. The summed E-state index contributed by atoms with van der Waals surface area (Å²) < 4.78 is 37.5. The fourth-order valence-electron chi connectivity index (χ4n) is 1.29. The molecule has 2 rings (SSSR count). The van der Waals surface area contributed by atoms with Gasteiger partial charge in [-0.25, -0.2) is 0 Å². The SMILES string of the molecule is FC(F)(F)Cn1nc[c]c1-c1ccccn1. The number of hydrogen-bond donors (Lipinski definition) is 0. The van der Waals surface area contributed by atoms with E-state index in [0.29, 0.717) is 5.69 Å². The molecule has 0 aromatic carbocycles. The normalized spacial score (nSPS) is 11.7. The van der Waals surface area contributed by atoms with E-state index in [9.17, 15) is 13.2 Å². The summed E-state index contributed by atoms with van der Waals surface area (Å²) in [6.45, 7) is -1.14. The summed E-state index contributed by atoms with van der Waals surface area (Å²) in [4.78, 5) is 3.95. The van der Waals surface area contributed by atoms with Crippen molar-refractivity contribution in [2.75, 3.05) is 0 Å². The van der Waals surface area contributed by atoms with Crippen molar-refractivity contribution in [2.45, 2.75) is 12.7 Å². The fraction of sp³-hybridized carbons (Fsp3) is 0.200. The zero-order chi connectivity index (χ0) is 11.6. The van der Waals surface area contributed by atoms with Crippen LogP contribution in [0.2, 0.25) is 0 Å². The van der Waals surface area contributed by atoms with Gasteiger partial charge in [0.05, 0.1) is 17.6 Å². The molecular formula is C10H7F3N3. The lowest BCUT2D eigenvalue weighted by Crippen LogP contribution is -2.19. The predicted octanol–water partition coefficient (Wildman–Crippen LogP) is 2.31. The molecule has 0 aliphatic rings. The number of halogens is 3. The van der Waals surface area contributed by atoms with Crippen LogP contribution in [0, 0.1) is 6.07 Å². The monoisotopic (exact) mass is 226 g/mol. The lowest BCUT2D eigenvalue weighted by Gasteiger charge is -2.09. The summed E-state index contributed by atoms with van der Waals surface area (Å²) in [7, 11) is 0. The molecule has 2 heterocycles. The number of rotatable bonds is 2. The molecule has 6 heteroatoms. The van der Waals surface area contributed by atoms with Gasteiger partial charge in [-0.3, -0.25) is 9.67 Å². The van der Waals surface area contributed by atoms with Crippen molar-refractivity contribution in [3.05, 3.63) is 36.7 Å². The van der Waals surface area contributed by atoms with Crippen molar-refractivity contribution in [1.82, 2.24) is 14.8 Å². The fourth-order valence-corrected chi connectivity index (χ4v) is 1.29. The van der Waals surface area contributed by atoms with Crippen LogP contribution in [0.5, 0.6) is 0 Å². The first-order valence-electron chi connectivity index (χ1n) is 4.48. The van der Waals surface area contributed by atoms with Crippen LogP contribution in [-0.4, -0.2) is 20.9 Å². The number of aromatic nitrogens is 3. The average molecular weight is 226 g/mol. The molecule has 83 valence electrons. The van der Waals surface area contributed by atoms with Crippen molar-refractivity contribution < 1.29 is 13.2 Å². The minimum Gasteiger partial charge on any atom is -0.255 e. The Hall–Kier alpha value is -1.85. The van der Waals surface area contributed by atoms with E-state index in [1.807, 2.05) is 0 Å². The number of pyridine rings is 1. The standard InChI is InChI=1S/C10H7F3N3/c11-10(12,13)7-16-9(4-6-15-16)8-3-1-2-5-14-8/h1-3,5-6H,7H2. The molecule has 0 unspecified atom stereocenters. The molecule has 0 saturated carbocycles. The molecule has 2 aromatic heterocycles. The lowest BCUT2D eigenvalue weighted by molar-refractivity contribution is -0.142. The van der Waals surface area contributed by atoms with Crippen molar-refractivity contribution >= 4 is 0 Å². The van der Waals surface area contributed by atoms with Crippen molar-refractivity contribution in [1.29, 1.82) is 0 Å². The molecule has 0 atom stereocenters. The topological polar surface area (TPSA) is 30.7 Å². The van der Waals surface area contributed by atoms with Gasteiger partial charge in [-0.15, -0.1) is 0 Å². The Bertz CT molecular complexity index is 462. The second-order valence-corrected chi connectivity index (χ2v) is 3.13. The van der Waals surface area contributed by atoms with Crippen LogP contribution in [0.25, 0.3) is 11.4 Å². The number of hydrogen-bond acceptors (Lipinski definition) is 2. The maximum Gasteiger partial charge on any atom is 0.408 e. The highest BCUT2D eigenvalue weighted by Gasteiger charge is 2.29. The van der Waals surface area contributed by atoms with Gasteiger partial charge in [0.25, 0.3) is 0 Å². The van der Waals surface area contributed by atoms with Gasteiger partial charge in [-0.05, 0) is 12.1 Å². The Morgan fingerprint density at radius 3 is 2.75 bits per heavy atom. The molecule has 0 N–H and O–H groups in total. The first kappa shape index (κ1) is 10.7. The second-order valence-electron chi connectivity index (χ2n) is 3.13. The zero-order valence-electron chi connectivity index (χ0n) is 8.07. The third-order valence-electron chi connectivity index (χ3n) is 1.89. The Kier molecular flexibility index (Phi) is 2.64. The van der Waals surface area contributed by atoms with Gasteiger partial charge in [-0.2, -0.15) is 18.3 Å². The van der Waals surface area contributed by atoms with Crippen LogP contribution in [0.1, 0.15) is 0 Å². The zero-order valence-corrected chi connectivity index (χ0v) is 8.07. The Morgan fingerprint density at radius 2 is 2.12 bits per heavy atom. The molecular weight excluding hydrogens is 219 g/mol. The van der Waals surface area contributed by atoms with Gasteiger partial charge < -0.3 is 0 Å². The van der Waals surface area contributed by atoms with Crippen LogP contribution >= 0.6 is 0 Å². The van der Waals surface area contributed by atoms with E-state index in [4.69, 9.17) is 0 Å². The predicted molar refractivity (Wildman–Crippen MR) is 50.3 cm³/mol. The summed E-state index contributed by atoms with van der Waals surface area (Å²) in [5.41, 5.74) is 0.655. The lowest BCUT2D eigenvalue weighted by atomic mass is 10.3. The molecule has 0 aliphatic heterocycles. The first-order chi connectivity index (χ1) is 7.56. The molecule has 0 spiro atoms. The maximum atomic E-state index is 12.2. The summed E-state index contributed by atoms with van der Waals surface area (Å²) >= 11 is 0. The Balaban J connectivity index is 2.33. The largest absolute Gasteiger partial charge is 0.408 e. The van der Waals surface area contributed by atoms with E-state index < -0.39 is 12.7 Å². The average Bonchev–Trinajstić information content (AvgIpc) is 2.64. The van der Waals surface area contributed by atoms with Crippen LogP contribution in [0.3, 0.4) is 0 Å². The smallest absolute Gasteiger partial charge is 0.255 e. The number of nitrogens with zero attached hydrogens (tertiary/aromatic N) is 3. The third-order valence-corrected chi connectivity index (χ3v) is 1.89. The van der Waals surface area contributed by atoms with Gasteiger partial charge in [-0.1, -0.05) is 6.07 Å². The van der Waals surface area contributed by atoms with E-state index >= 15 is 0 Å². The first-order valence-corrected chi connectivity index (χ1v) is 4.48. The molecule has 0 fully saturated rings. The molecule has 0 amide bonds. The van der Waals surface area contributed by atoms with Gasteiger partial charge in [0.1, 0.15) is 6.54 Å². The van der Waals surface area contributed by atoms with Crippen molar-refractivity contribution in [3.63, 3.8) is 0 Å². The molecule has 3 nitrogen and oxygen atoms in total. The van der Waals surface area contributed by atoms with E-state index in [1.165, 1.54) is 12.4 Å². The second kappa shape index (κ2) is 3.96. The van der Waals surface area contributed by atoms with Gasteiger partial charge >= 0.3 is 6.18 Å². The minimum absolute atomic E-state index is 0.234. The molecule has 16 heavy (non-hydrogen) atoms. The molecule has 0 aliphatic carbocycles. The highest BCUT2D eigenvalue weighted by Crippen LogP contribution is 2.21. The maximum absolute atomic E-state index is 12.2. The molecule has 2 aromatic rings. The number of alkyl halides is 3. The summed E-state index contributed by atoms with van der Waals surface area (Å²) in [5, 5.41) is 3.58. The van der Waals surface area contributed by atoms with Crippen LogP contribution in [0.4, 0.5) is 13.2 Å². The van der Waals surface area contributed by atoms with E-state index in [1.54, 1.807) is 18.2 Å². The van der Waals surface area contributed by atoms with E-state index in [0.717, 1.165) is 4.68 Å². The van der Waals surface area contributed by atoms with Crippen LogP contribution in [-0.2, 0) is 6.54 Å². The van der Waals surface area contributed by atoms with E-state index in [2.05, 4.69) is 16.1 Å². The summed E-state index contributed by atoms with van der Waals surface area (Å²) in [6, 6.07) is 7.63. The summed E-state index contributed by atoms with van der Waals surface area (Å²) in [6.07, 6.45) is -1.59. The molecule has 0 saturated heterocycles. The Morgan fingerprint density at radius 1 is 1.31 bits per heavy atom. The summed E-state index contributed by atoms with van der Waals surface area (Å²) in [5.74, 6) is 0. The quantitative estimate of drug-likeness (QED) is 0.786. The van der Waals surface area contributed by atoms with Crippen LogP contribution < -0.4 is 0 Å². The van der Waals surface area contributed by atoms with Crippen molar-refractivity contribution in [2.24, 2.45) is 0 Å². The van der Waals surface area contributed by atoms with Crippen LogP contribution in [0.15, 0.2) is 30.6 Å². The van der Waals surface area contributed by atoms with E-state index in [-0.39, 0.29) is 5.69 Å². The highest BCUT2D eigenvalue weighted by atomic mass is 19.4. The van der Waals surface area contributed by atoms with Gasteiger partial charge in [0.2, 0.25) is 0 Å². The Labute approximate surface area is 89.5 Å². The van der Waals surface area contributed by atoms with Gasteiger partial charge in [0, 0.05) is 12.3 Å². The third kappa shape index (κ3) is 2.39. The molecule has 0 bridgehead atoms.